The summed E-state index contributed by atoms with van der Waals surface area (Å²) in [6.45, 7) is 8.69. The van der Waals surface area contributed by atoms with Crippen molar-refractivity contribution in [2.75, 3.05) is 7.11 Å². The highest BCUT2D eigenvalue weighted by Gasteiger charge is 2.31. The van der Waals surface area contributed by atoms with Crippen LogP contribution in [0.15, 0.2) is 42.6 Å². The van der Waals surface area contributed by atoms with Gasteiger partial charge in [-0.2, -0.15) is 0 Å². The molecule has 0 unspecified atom stereocenters. The summed E-state index contributed by atoms with van der Waals surface area (Å²) < 4.78 is 22.1. The molecule has 0 N–H and O–H groups in total. The average Bonchev–Trinajstić information content (AvgIpc) is 2.82. The number of pyridine rings is 1. The maximum Gasteiger partial charge on any atom is 0.309 e. The number of aromatic nitrogens is 1. The SMILES string of the molecule is CC[C@H](C)[C@@H](Oc1ccccc1)[C@H](C)OC(=O)[C@H](C)CC(=O)c1nccc(OC)c1OC(C)=O. The van der Waals surface area contributed by atoms with Gasteiger partial charge < -0.3 is 18.9 Å². The van der Waals surface area contributed by atoms with E-state index in [2.05, 4.69) is 4.98 Å². The Hall–Kier alpha value is -3.42. The molecular weight excluding hydrogens is 438 g/mol. The number of ether oxygens (including phenoxy) is 4. The maximum absolute atomic E-state index is 12.9. The highest BCUT2D eigenvalue weighted by Crippen LogP contribution is 2.31. The fourth-order valence-electron chi connectivity index (χ4n) is 3.42. The van der Waals surface area contributed by atoms with E-state index in [9.17, 15) is 14.4 Å². The lowest BCUT2D eigenvalue weighted by molar-refractivity contribution is -0.158. The van der Waals surface area contributed by atoms with Gasteiger partial charge in [-0.1, -0.05) is 39.0 Å². The average molecular weight is 472 g/mol. The number of ketones is 1. The van der Waals surface area contributed by atoms with Gasteiger partial charge in [-0.25, -0.2) is 4.98 Å². The van der Waals surface area contributed by atoms with Crippen LogP contribution in [-0.2, 0) is 14.3 Å². The molecule has 2 aromatic rings. The van der Waals surface area contributed by atoms with Crippen LogP contribution in [-0.4, -0.2) is 42.0 Å². The first kappa shape index (κ1) is 26.8. The van der Waals surface area contributed by atoms with Gasteiger partial charge >= 0.3 is 11.9 Å². The van der Waals surface area contributed by atoms with Crippen molar-refractivity contribution in [1.82, 2.24) is 4.98 Å². The molecule has 0 bridgehead atoms. The number of carbonyl (C=O) groups excluding carboxylic acids is 3. The van der Waals surface area contributed by atoms with E-state index in [-0.39, 0.29) is 35.6 Å². The lowest BCUT2D eigenvalue weighted by Gasteiger charge is -2.30. The van der Waals surface area contributed by atoms with Crippen LogP contribution >= 0.6 is 0 Å². The van der Waals surface area contributed by atoms with Crippen molar-refractivity contribution in [3.05, 3.63) is 48.3 Å². The summed E-state index contributed by atoms with van der Waals surface area (Å²) in [6, 6.07) is 10.8. The third-order valence-corrected chi connectivity index (χ3v) is 5.48. The zero-order chi connectivity index (χ0) is 25.3. The van der Waals surface area contributed by atoms with Gasteiger partial charge in [0.1, 0.15) is 18.0 Å². The molecule has 0 aliphatic rings. The van der Waals surface area contributed by atoms with Crippen LogP contribution < -0.4 is 14.2 Å². The largest absolute Gasteiger partial charge is 0.493 e. The molecule has 8 nitrogen and oxygen atoms in total. The predicted molar refractivity (Wildman–Crippen MR) is 126 cm³/mol. The summed E-state index contributed by atoms with van der Waals surface area (Å²) in [5.41, 5.74) is -0.0767. The van der Waals surface area contributed by atoms with Crippen molar-refractivity contribution < 1.29 is 33.3 Å². The predicted octanol–water partition coefficient (Wildman–Crippen LogP) is 4.65. The van der Waals surface area contributed by atoms with E-state index in [1.165, 1.54) is 26.3 Å². The molecule has 4 atom stereocenters. The van der Waals surface area contributed by atoms with Gasteiger partial charge in [-0.3, -0.25) is 14.4 Å². The van der Waals surface area contributed by atoms with E-state index >= 15 is 0 Å². The minimum Gasteiger partial charge on any atom is -0.493 e. The summed E-state index contributed by atoms with van der Waals surface area (Å²) in [6.07, 6.45) is 1.16. The summed E-state index contributed by atoms with van der Waals surface area (Å²) in [7, 11) is 1.39. The minimum absolute atomic E-state index is 0.0652. The van der Waals surface area contributed by atoms with Crippen molar-refractivity contribution >= 4 is 17.7 Å². The van der Waals surface area contributed by atoms with E-state index in [0.717, 1.165) is 6.42 Å². The zero-order valence-electron chi connectivity index (χ0n) is 20.6. The Labute approximate surface area is 200 Å². The van der Waals surface area contributed by atoms with Crippen LogP contribution in [0.25, 0.3) is 0 Å². The van der Waals surface area contributed by atoms with Crippen molar-refractivity contribution in [2.24, 2.45) is 11.8 Å². The van der Waals surface area contributed by atoms with Crippen molar-refractivity contribution in [1.29, 1.82) is 0 Å². The second-order valence-corrected chi connectivity index (χ2v) is 8.24. The molecule has 1 heterocycles. The smallest absolute Gasteiger partial charge is 0.309 e. The Morgan fingerprint density at radius 2 is 1.71 bits per heavy atom. The fourth-order valence-corrected chi connectivity index (χ4v) is 3.42. The van der Waals surface area contributed by atoms with E-state index < -0.39 is 29.7 Å². The van der Waals surface area contributed by atoms with Gasteiger partial charge in [0, 0.05) is 25.6 Å². The molecule has 184 valence electrons. The quantitative estimate of drug-likeness (QED) is 0.326. The third kappa shape index (κ3) is 7.30. The lowest BCUT2D eigenvalue weighted by atomic mass is 9.97. The first-order valence-corrected chi connectivity index (χ1v) is 11.3. The van der Waals surface area contributed by atoms with Gasteiger partial charge in [0.05, 0.1) is 13.0 Å². The lowest BCUT2D eigenvalue weighted by Crippen LogP contribution is -2.39. The minimum atomic E-state index is -0.748. The first-order chi connectivity index (χ1) is 16.2. The topological polar surface area (TPSA) is 101 Å². The molecule has 0 spiro atoms. The number of benzene rings is 1. The zero-order valence-corrected chi connectivity index (χ0v) is 20.6. The summed E-state index contributed by atoms with van der Waals surface area (Å²) in [5, 5.41) is 0. The molecule has 8 heteroatoms. The molecule has 0 aliphatic carbocycles. The molecule has 0 fully saturated rings. The third-order valence-electron chi connectivity index (χ3n) is 5.48. The number of methoxy groups -OCH3 is 1. The Morgan fingerprint density at radius 3 is 2.29 bits per heavy atom. The Kier molecular flexibility index (Phi) is 10.0. The van der Waals surface area contributed by atoms with Crippen LogP contribution in [0.2, 0.25) is 0 Å². The number of hydrogen-bond donors (Lipinski definition) is 0. The van der Waals surface area contributed by atoms with Gasteiger partial charge in [0.2, 0.25) is 5.75 Å². The Morgan fingerprint density at radius 1 is 1.03 bits per heavy atom. The maximum atomic E-state index is 12.9. The number of Topliss-reactive ketones (excluding diaryl/α,β-unsaturated/α-hetero) is 1. The van der Waals surface area contributed by atoms with Gasteiger partial charge in [-0.15, -0.1) is 0 Å². The summed E-state index contributed by atoms with van der Waals surface area (Å²) in [4.78, 5) is 41.2. The second-order valence-electron chi connectivity index (χ2n) is 8.24. The molecule has 0 amide bonds. The van der Waals surface area contributed by atoms with Crippen LogP contribution in [0.3, 0.4) is 0 Å². The highest BCUT2D eigenvalue weighted by atomic mass is 16.6. The molecular formula is C26H33NO7. The molecule has 2 rings (SSSR count). The number of para-hydroxylation sites is 1. The van der Waals surface area contributed by atoms with Crippen LogP contribution in [0.4, 0.5) is 0 Å². The van der Waals surface area contributed by atoms with Crippen LogP contribution in [0.1, 0.15) is 57.9 Å². The number of rotatable bonds is 12. The van der Waals surface area contributed by atoms with E-state index in [1.54, 1.807) is 13.8 Å². The normalized spacial score (nSPS) is 14.3. The van der Waals surface area contributed by atoms with E-state index in [1.807, 2.05) is 44.2 Å². The number of nitrogens with zero attached hydrogens (tertiary/aromatic N) is 1. The highest BCUT2D eigenvalue weighted by molar-refractivity contribution is 5.99. The molecule has 34 heavy (non-hydrogen) atoms. The summed E-state index contributed by atoms with van der Waals surface area (Å²) in [5.74, 6) is -1.39. The van der Waals surface area contributed by atoms with E-state index in [4.69, 9.17) is 18.9 Å². The Balaban J connectivity index is 2.10. The molecule has 0 aliphatic heterocycles. The number of carbonyl (C=O) groups is 3. The van der Waals surface area contributed by atoms with Gasteiger partial charge in [0.15, 0.2) is 17.2 Å². The summed E-state index contributed by atoms with van der Waals surface area (Å²) >= 11 is 0. The monoisotopic (exact) mass is 471 g/mol. The van der Waals surface area contributed by atoms with Crippen LogP contribution in [0.5, 0.6) is 17.2 Å². The standard InChI is InChI=1S/C26H33NO7/c1-7-16(2)24(34-20-11-9-8-10-12-20)18(4)32-26(30)17(3)15-21(29)23-25(33-19(5)28)22(31-6)13-14-27-23/h8-14,16-18,24H,7,15H2,1-6H3/t16-,17+,18-,24+/m0/s1. The first-order valence-electron chi connectivity index (χ1n) is 11.3. The van der Waals surface area contributed by atoms with Crippen molar-refractivity contribution in [3.63, 3.8) is 0 Å². The van der Waals surface area contributed by atoms with Crippen LogP contribution in [0, 0.1) is 11.8 Å². The molecule has 1 aromatic heterocycles. The van der Waals surface area contributed by atoms with Gasteiger partial charge in [-0.05, 0) is 31.4 Å². The van der Waals surface area contributed by atoms with Crippen molar-refractivity contribution in [2.45, 2.75) is 59.7 Å². The van der Waals surface area contributed by atoms with E-state index in [0.29, 0.717) is 5.75 Å². The van der Waals surface area contributed by atoms with Gasteiger partial charge in [0.25, 0.3) is 0 Å². The molecule has 0 saturated carbocycles. The number of hydrogen-bond acceptors (Lipinski definition) is 8. The number of esters is 2. The second kappa shape index (κ2) is 12.7. The molecule has 0 radical (unpaired) electrons. The fraction of sp³-hybridized carbons (Fsp3) is 0.462. The molecule has 0 saturated heterocycles. The Bertz CT molecular complexity index is 976. The van der Waals surface area contributed by atoms with Crippen molar-refractivity contribution in [3.8, 4) is 17.2 Å². The molecule has 1 aromatic carbocycles.